The van der Waals surface area contributed by atoms with Gasteiger partial charge in [0.15, 0.2) is 0 Å². The third-order valence-electron chi connectivity index (χ3n) is 2.86. The number of nitrogens with zero attached hydrogens (tertiary/aromatic N) is 1. The van der Waals surface area contributed by atoms with E-state index in [2.05, 4.69) is 5.32 Å². The van der Waals surface area contributed by atoms with Crippen molar-refractivity contribution >= 4 is 6.09 Å². The van der Waals surface area contributed by atoms with Crippen LogP contribution >= 0.6 is 0 Å². The van der Waals surface area contributed by atoms with E-state index in [-0.39, 0.29) is 12.6 Å². The van der Waals surface area contributed by atoms with Crippen molar-refractivity contribution in [1.29, 1.82) is 0 Å². The minimum Gasteiger partial charge on any atom is -0.465 e. The van der Waals surface area contributed by atoms with Crippen molar-refractivity contribution in [3.05, 3.63) is 0 Å². The summed E-state index contributed by atoms with van der Waals surface area (Å²) in [5, 5.41) is 11.7. The van der Waals surface area contributed by atoms with Crippen LogP contribution in [0.25, 0.3) is 0 Å². The van der Waals surface area contributed by atoms with Gasteiger partial charge < -0.3 is 20.1 Å². The topological polar surface area (TPSA) is 61.8 Å². The van der Waals surface area contributed by atoms with Gasteiger partial charge in [-0.15, -0.1) is 0 Å². The number of halogens is 1. The van der Waals surface area contributed by atoms with E-state index in [1.54, 1.807) is 0 Å². The van der Waals surface area contributed by atoms with Crippen molar-refractivity contribution in [3.63, 3.8) is 0 Å². The summed E-state index contributed by atoms with van der Waals surface area (Å²) >= 11 is 0. The van der Waals surface area contributed by atoms with Crippen LogP contribution < -0.4 is 5.32 Å². The minimum absolute atomic E-state index is 0.0693. The third-order valence-corrected chi connectivity index (χ3v) is 2.86. The molecule has 2 saturated heterocycles. The number of carbonyl (C=O) groups is 1. The van der Waals surface area contributed by atoms with Crippen LogP contribution in [0.5, 0.6) is 0 Å². The van der Waals surface area contributed by atoms with Crippen molar-refractivity contribution in [1.82, 2.24) is 10.2 Å². The second-order valence-electron chi connectivity index (χ2n) is 3.99. The monoisotopic (exact) mass is 218 g/mol. The van der Waals surface area contributed by atoms with E-state index in [0.717, 1.165) is 18.0 Å². The molecule has 15 heavy (non-hydrogen) atoms. The Morgan fingerprint density at radius 3 is 2.73 bits per heavy atom. The highest BCUT2D eigenvalue weighted by molar-refractivity contribution is 5.65. The lowest BCUT2D eigenvalue weighted by molar-refractivity contribution is -0.0939. The largest absolute Gasteiger partial charge is 0.465 e. The predicted molar refractivity (Wildman–Crippen MR) is 50.6 cm³/mol. The highest BCUT2D eigenvalue weighted by Crippen LogP contribution is 2.19. The summed E-state index contributed by atoms with van der Waals surface area (Å²) in [4.78, 5) is 11.7. The van der Waals surface area contributed by atoms with Crippen LogP contribution in [-0.4, -0.2) is 60.7 Å². The summed E-state index contributed by atoms with van der Waals surface area (Å²) in [6.45, 7) is 1.83. The average Bonchev–Trinajstić information content (AvgIpc) is 2.12. The molecular weight excluding hydrogens is 203 g/mol. The second-order valence-corrected chi connectivity index (χ2v) is 3.99. The van der Waals surface area contributed by atoms with E-state index in [9.17, 15) is 9.18 Å². The van der Waals surface area contributed by atoms with Crippen molar-refractivity contribution in [2.24, 2.45) is 0 Å². The van der Waals surface area contributed by atoms with Gasteiger partial charge in [-0.2, -0.15) is 0 Å². The van der Waals surface area contributed by atoms with Gasteiger partial charge in [-0.3, -0.25) is 0 Å². The first-order chi connectivity index (χ1) is 7.16. The Morgan fingerprint density at radius 1 is 1.53 bits per heavy atom. The van der Waals surface area contributed by atoms with Gasteiger partial charge in [-0.05, 0) is 6.42 Å². The number of ether oxygens (including phenoxy) is 1. The molecule has 0 spiro atoms. The Bertz CT molecular complexity index is 248. The molecule has 2 atom stereocenters. The molecule has 2 aliphatic heterocycles. The molecular formula is C9H15FN2O3. The van der Waals surface area contributed by atoms with Gasteiger partial charge in [-0.1, -0.05) is 0 Å². The summed E-state index contributed by atoms with van der Waals surface area (Å²) in [6, 6.07) is 0. The fourth-order valence-corrected chi connectivity index (χ4v) is 1.82. The maximum atomic E-state index is 13.5. The molecule has 2 N–H and O–H groups in total. The zero-order valence-electron chi connectivity index (χ0n) is 8.36. The molecule has 5 nitrogen and oxygen atoms in total. The summed E-state index contributed by atoms with van der Waals surface area (Å²) in [5.41, 5.74) is 0. The summed E-state index contributed by atoms with van der Waals surface area (Å²) in [5.74, 6) is 0. The normalized spacial score (nSPS) is 32.5. The Kier molecular flexibility index (Phi) is 3.06. The first-order valence-corrected chi connectivity index (χ1v) is 5.15. The van der Waals surface area contributed by atoms with Gasteiger partial charge in [-0.25, -0.2) is 9.18 Å². The zero-order valence-corrected chi connectivity index (χ0v) is 8.36. The molecule has 2 aliphatic rings. The number of hydrogen-bond donors (Lipinski definition) is 2. The third kappa shape index (κ3) is 2.38. The molecule has 0 aliphatic carbocycles. The van der Waals surface area contributed by atoms with E-state index in [4.69, 9.17) is 9.84 Å². The molecule has 0 aromatic rings. The van der Waals surface area contributed by atoms with Crippen molar-refractivity contribution in [2.45, 2.75) is 24.8 Å². The fraction of sp³-hybridized carbons (Fsp3) is 0.889. The number of likely N-dealkylation sites (tertiary alicyclic amines) is 1. The SMILES string of the molecule is O=C(O)N1CC[C@@H](OC2CNC2)[C@@H](F)C1. The van der Waals surface area contributed by atoms with Crippen LogP contribution in [0, 0.1) is 0 Å². The number of amides is 1. The van der Waals surface area contributed by atoms with Gasteiger partial charge in [0.2, 0.25) is 0 Å². The predicted octanol–water partition coefficient (Wildman–Crippen LogP) is 0.0652. The molecule has 0 aromatic carbocycles. The van der Waals surface area contributed by atoms with Crippen molar-refractivity contribution < 1.29 is 19.0 Å². The average molecular weight is 218 g/mol. The van der Waals surface area contributed by atoms with Crippen molar-refractivity contribution in [2.75, 3.05) is 26.2 Å². The summed E-state index contributed by atoms with van der Waals surface area (Å²) in [6.07, 6.45) is -2.14. The molecule has 2 heterocycles. The van der Waals surface area contributed by atoms with E-state index in [0.29, 0.717) is 13.0 Å². The highest BCUT2D eigenvalue weighted by atomic mass is 19.1. The molecule has 0 radical (unpaired) electrons. The maximum absolute atomic E-state index is 13.5. The number of carboxylic acid groups (broad SMARTS) is 1. The van der Waals surface area contributed by atoms with Crippen LogP contribution in [0.15, 0.2) is 0 Å². The van der Waals surface area contributed by atoms with Crippen LogP contribution in [-0.2, 0) is 4.74 Å². The van der Waals surface area contributed by atoms with Crippen molar-refractivity contribution in [3.8, 4) is 0 Å². The van der Waals surface area contributed by atoms with Gasteiger partial charge >= 0.3 is 6.09 Å². The lowest BCUT2D eigenvalue weighted by Gasteiger charge is -2.37. The molecule has 86 valence electrons. The lowest BCUT2D eigenvalue weighted by Crippen LogP contribution is -2.54. The van der Waals surface area contributed by atoms with E-state index >= 15 is 0 Å². The molecule has 1 amide bonds. The molecule has 2 rings (SSSR count). The number of nitrogens with one attached hydrogen (secondary N) is 1. The Balaban J connectivity index is 1.80. The van der Waals surface area contributed by atoms with Gasteiger partial charge in [0.25, 0.3) is 0 Å². The van der Waals surface area contributed by atoms with E-state index in [1.807, 2.05) is 0 Å². The van der Waals surface area contributed by atoms with Gasteiger partial charge in [0.05, 0.1) is 18.8 Å². The second kappa shape index (κ2) is 4.32. The van der Waals surface area contributed by atoms with Crippen LogP contribution in [0.2, 0.25) is 0 Å². The van der Waals surface area contributed by atoms with Gasteiger partial charge in [0, 0.05) is 19.6 Å². The first kappa shape index (κ1) is 10.6. The molecule has 2 fully saturated rings. The zero-order chi connectivity index (χ0) is 10.8. The van der Waals surface area contributed by atoms with E-state index < -0.39 is 18.4 Å². The lowest BCUT2D eigenvalue weighted by atomic mass is 10.1. The van der Waals surface area contributed by atoms with Crippen LogP contribution in [0.3, 0.4) is 0 Å². The number of piperidine rings is 1. The minimum atomic E-state index is -1.20. The first-order valence-electron chi connectivity index (χ1n) is 5.15. The Hall–Kier alpha value is -0.880. The molecule has 0 saturated carbocycles. The standard InChI is InChI=1S/C9H15FN2O3/c10-7-5-12(9(13)14)2-1-8(7)15-6-3-11-4-6/h6-8,11H,1-5H2,(H,13,14)/t7-,8+/m0/s1. The fourth-order valence-electron chi connectivity index (χ4n) is 1.82. The molecule has 0 unspecified atom stereocenters. The quantitative estimate of drug-likeness (QED) is 0.688. The Labute approximate surface area is 87.2 Å². The number of rotatable bonds is 2. The maximum Gasteiger partial charge on any atom is 0.407 e. The Morgan fingerprint density at radius 2 is 2.27 bits per heavy atom. The smallest absolute Gasteiger partial charge is 0.407 e. The highest BCUT2D eigenvalue weighted by Gasteiger charge is 2.34. The molecule has 0 aromatic heterocycles. The number of alkyl halides is 1. The van der Waals surface area contributed by atoms with E-state index in [1.165, 1.54) is 0 Å². The molecule has 0 bridgehead atoms. The number of hydrogen-bond acceptors (Lipinski definition) is 3. The van der Waals surface area contributed by atoms with Crippen LogP contribution in [0.4, 0.5) is 9.18 Å². The molecule has 6 heteroatoms. The van der Waals surface area contributed by atoms with Crippen LogP contribution in [0.1, 0.15) is 6.42 Å². The van der Waals surface area contributed by atoms with Gasteiger partial charge in [0.1, 0.15) is 6.17 Å². The summed E-state index contributed by atoms with van der Waals surface area (Å²) < 4.78 is 19.0. The summed E-state index contributed by atoms with van der Waals surface area (Å²) in [7, 11) is 0.